The van der Waals surface area contributed by atoms with Crippen molar-refractivity contribution in [3.63, 3.8) is 0 Å². The van der Waals surface area contributed by atoms with Gasteiger partial charge in [0.15, 0.2) is 0 Å². The van der Waals surface area contributed by atoms with E-state index >= 15 is 0 Å². The van der Waals surface area contributed by atoms with E-state index in [4.69, 9.17) is 9.84 Å². The Morgan fingerprint density at radius 3 is 1.68 bits per heavy atom. The van der Waals surface area contributed by atoms with Gasteiger partial charge in [-0.15, -0.1) is 0 Å². The van der Waals surface area contributed by atoms with Gasteiger partial charge < -0.3 is 9.84 Å². The van der Waals surface area contributed by atoms with E-state index in [0.717, 1.165) is 13.0 Å². The van der Waals surface area contributed by atoms with E-state index in [2.05, 4.69) is 19.1 Å². The molecule has 2 nitrogen and oxygen atoms in total. The zero-order valence-electron chi connectivity index (χ0n) is 15.0. The highest BCUT2D eigenvalue weighted by molar-refractivity contribution is 4.81. The lowest BCUT2D eigenvalue weighted by atomic mass is 10.1. The van der Waals surface area contributed by atoms with Gasteiger partial charge in [-0.25, -0.2) is 0 Å². The molecule has 0 amide bonds. The number of hydrogen-bond acceptors (Lipinski definition) is 2. The molecule has 0 unspecified atom stereocenters. The predicted molar refractivity (Wildman–Crippen MR) is 97.4 cm³/mol. The van der Waals surface area contributed by atoms with Crippen LogP contribution in [0.4, 0.5) is 0 Å². The maximum atomic E-state index is 8.57. The first kappa shape index (κ1) is 21.7. The Morgan fingerprint density at radius 2 is 1.14 bits per heavy atom. The molecule has 1 N–H and O–H groups in total. The van der Waals surface area contributed by atoms with Crippen molar-refractivity contribution in [1.29, 1.82) is 0 Å². The van der Waals surface area contributed by atoms with Gasteiger partial charge in [0, 0.05) is 6.61 Å². The van der Waals surface area contributed by atoms with Gasteiger partial charge in [0.1, 0.15) is 0 Å². The van der Waals surface area contributed by atoms with Crippen molar-refractivity contribution in [1.82, 2.24) is 0 Å². The Labute approximate surface area is 139 Å². The molecule has 0 atom stereocenters. The molecule has 0 aromatic heterocycles. The largest absolute Gasteiger partial charge is 0.394 e. The zero-order chi connectivity index (χ0) is 16.1. The quantitative estimate of drug-likeness (QED) is 0.247. The number of rotatable bonds is 18. The van der Waals surface area contributed by atoms with Crippen molar-refractivity contribution in [3.05, 3.63) is 12.2 Å². The van der Waals surface area contributed by atoms with Crippen LogP contribution in [0.15, 0.2) is 12.2 Å². The number of hydrogen-bond donors (Lipinski definition) is 1. The molecule has 0 aliphatic heterocycles. The molecule has 2 heteroatoms. The van der Waals surface area contributed by atoms with Gasteiger partial charge in [-0.2, -0.15) is 0 Å². The van der Waals surface area contributed by atoms with Crippen LogP contribution in [-0.2, 0) is 4.74 Å². The molecule has 0 aliphatic carbocycles. The molecule has 0 aromatic rings. The van der Waals surface area contributed by atoms with E-state index in [1.165, 1.54) is 83.5 Å². The first-order chi connectivity index (χ1) is 10.9. The highest BCUT2D eigenvalue weighted by Crippen LogP contribution is 2.09. The third kappa shape index (κ3) is 19.7. The van der Waals surface area contributed by atoms with Crippen LogP contribution in [0.3, 0.4) is 0 Å². The summed E-state index contributed by atoms with van der Waals surface area (Å²) in [6, 6.07) is 0. The van der Waals surface area contributed by atoms with Crippen LogP contribution >= 0.6 is 0 Å². The van der Waals surface area contributed by atoms with E-state index in [-0.39, 0.29) is 6.61 Å². The second-order valence-electron chi connectivity index (χ2n) is 6.27. The topological polar surface area (TPSA) is 29.5 Å². The fraction of sp³-hybridized carbons (Fsp3) is 0.900. The van der Waals surface area contributed by atoms with E-state index in [0.29, 0.717) is 6.61 Å². The molecule has 0 saturated carbocycles. The zero-order valence-corrected chi connectivity index (χ0v) is 15.0. The standard InChI is InChI=1S/C20H40O2/c1-2-3-4-5-6-7-8-9-10-11-12-13-14-15-16-17-19-22-20-18-21/h9-10,21H,2-8,11-20H2,1H3/b10-9+. The average molecular weight is 313 g/mol. The van der Waals surface area contributed by atoms with E-state index < -0.39 is 0 Å². The summed E-state index contributed by atoms with van der Waals surface area (Å²) in [5, 5.41) is 8.57. The fourth-order valence-corrected chi connectivity index (χ4v) is 2.62. The van der Waals surface area contributed by atoms with Gasteiger partial charge >= 0.3 is 0 Å². The molecule has 22 heavy (non-hydrogen) atoms. The number of ether oxygens (including phenoxy) is 1. The lowest BCUT2D eigenvalue weighted by Gasteiger charge is -2.02. The van der Waals surface area contributed by atoms with E-state index in [1.807, 2.05) is 0 Å². The summed E-state index contributed by atoms with van der Waals surface area (Å²) in [6.07, 6.45) is 23.5. The molecule has 0 spiro atoms. The summed E-state index contributed by atoms with van der Waals surface area (Å²) in [6.45, 7) is 3.72. The molecule has 0 heterocycles. The molecule has 0 radical (unpaired) electrons. The lowest BCUT2D eigenvalue weighted by Crippen LogP contribution is -2.00. The first-order valence-electron chi connectivity index (χ1n) is 9.75. The van der Waals surface area contributed by atoms with Crippen molar-refractivity contribution < 1.29 is 9.84 Å². The van der Waals surface area contributed by atoms with Crippen LogP contribution in [0.1, 0.15) is 96.8 Å². The number of aliphatic hydroxyl groups is 1. The van der Waals surface area contributed by atoms with Crippen LogP contribution in [0.25, 0.3) is 0 Å². The predicted octanol–water partition coefficient (Wildman–Crippen LogP) is 6.03. The average Bonchev–Trinajstić information content (AvgIpc) is 2.54. The van der Waals surface area contributed by atoms with Crippen LogP contribution in [-0.4, -0.2) is 24.9 Å². The summed E-state index contributed by atoms with van der Waals surface area (Å²) < 4.78 is 5.24. The molecule has 0 aliphatic rings. The molecular formula is C20H40O2. The van der Waals surface area contributed by atoms with Crippen LogP contribution < -0.4 is 0 Å². The highest BCUT2D eigenvalue weighted by atomic mass is 16.5. The molecular weight excluding hydrogens is 272 g/mol. The Morgan fingerprint density at radius 1 is 0.636 bits per heavy atom. The first-order valence-corrected chi connectivity index (χ1v) is 9.75. The van der Waals surface area contributed by atoms with Crippen LogP contribution in [0, 0.1) is 0 Å². The van der Waals surface area contributed by atoms with Gasteiger partial charge in [-0.3, -0.25) is 0 Å². The Bertz CT molecular complexity index is 214. The summed E-state index contributed by atoms with van der Waals surface area (Å²) >= 11 is 0. The normalized spacial score (nSPS) is 11.5. The summed E-state index contributed by atoms with van der Waals surface area (Å²) in [4.78, 5) is 0. The van der Waals surface area contributed by atoms with Crippen molar-refractivity contribution in [3.8, 4) is 0 Å². The van der Waals surface area contributed by atoms with E-state index in [1.54, 1.807) is 0 Å². The maximum absolute atomic E-state index is 8.57. The SMILES string of the molecule is CCCCCCCC/C=C/CCCCCCCCOCCO. The molecule has 0 saturated heterocycles. The van der Waals surface area contributed by atoms with Crippen LogP contribution in [0.2, 0.25) is 0 Å². The van der Waals surface area contributed by atoms with Crippen molar-refractivity contribution >= 4 is 0 Å². The van der Waals surface area contributed by atoms with Gasteiger partial charge in [-0.1, -0.05) is 76.9 Å². The second-order valence-corrected chi connectivity index (χ2v) is 6.27. The lowest BCUT2D eigenvalue weighted by molar-refractivity contribution is 0.0895. The number of allylic oxidation sites excluding steroid dienone is 2. The molecule has 132 valence electrons. The molecule has 0 fully saturated rings. The Hall–Kier alpha value is -0.340. The minimum absolute atomic E-state index is 0.145. The van der Waals surface area contributed by atoms with Gasteiger partial charge in [-0.05, 0) is 32.1 Å². The molecule has 0 aromatic carbocycles. The number of unbranched alkanes of at least 4 members (excludes halogenated alkanes) is 12. The Kier molecular flexibility index (Phi) is 20.3. The monoisotopic (exact) mass is 312 g/mol. The smallest absolute Gasteiger partial charge is 0.0697 e. The minimum Gasteiger partial charge on any atom is -0.394 e. The fourth-order valence-electron chi connectivity index (χ4n) is 2.62. The van der Waals surface area contributed by atoms with Crippen molar-refractivity contribution in [2.45, 2.75) is 96.8 Å². The van der Waals surface area contributed by atoms with E-state index in [9.17, 15) is 0 Å². The van der Waals surface area contributed by atoms with Crippen molar-refractivity contribution in [2.75, 3.05) is 19.8 Å². The van der Waals surface area contributed by atoms with Gasteiger partial charge in [0.25, 0.3) is 0 Å². The second kappa shape index (κ2) is 20.7. The third-order valence-corrected chi connectivity index (χ3v) is 4.04. The summed E-state index contributed by atoms with van der Waals surface area (Å²) in [7, 11) is 0. The molecule has 0 bridgehead atoms. The summed E-state index contributed by atoms with van der Waals surface area (Å²) in [5.41, 5.74) is 0. The van der Waals surface area contributed by atoms with Gasteiger partial charge in [0.05, 0.1) is 13.2 Å². The maximum Gasteiger partial charge on any atom is 0.0697 e. The van der Waals surface area contributed by atoms with Gasteiger partial charge in [0.2, 0.25) is 0 Å². The number of aliphatic hydroxyl groups excluding tert-OH is 1. The molecule has 0 rings (SSSR count). The third-order valence-electron chi connectivity index (χ3n) is 4.04. The summed E-state index contributed by atoms with van der Waals surface area (Å²) in [5.74, 6) is 0. The van der Waals surface area contributed by atoms with Crippen molar-refractivity contribution in [2.24, 2.45) is 0 Å². The minimum atomic E-state index is 0.145. The van der Waals surface area contributed by atoms with Crippen LogP contribution in [0.5, 0.6) is 0 Å². The Balaban J connectivity index is 3.02. The highest BCUT2D eigenvalue weighted by Gasteiger charge is 1.92.